The van der Waals surface area contributed by atoms with Crippen LogP contribution in [0.2, 0.25) is 0 Å². The highest BCUT2D eigenvalue weighted by atomic mass is 16.5. The first-order chi connectivity index (χ1) is 10.6. The van der Waals surface area contributed by atoms with Crippen molar-refractivity contribution in [3.63, 3.8) is 0 Å². The van der Waals surface area contributed by atoms with Crippen molar-refractivity contribution in [3.8, 4) is 11.5 Å². The number of hydrogen-bond donors (Lipinski definition) is 2. The van der Waals surface area contributed by atoms with Crippen LogP contribution in [0.4, 0.5) is 0 Å². The molecular formula is C16H20N2O4. The van der Waals surface area contributed by atoms with Gasteiger partial charge in [0.1, 0.15) is 18.1 Å². The van der Waals surface area contributed by atoms with Gasteiger partial charge in [0.15, 0.2) is 0 Å². The summed E-state index contributed by atoms with van der Waals surface area (Å²) in [5.41, 5.74) is 6.41. The standard InChI is InChI=1S/C16H20N2O4/c1-2-21-13-5-6-14-11(9-13)8-12(10-22-14)16(20)18-7-3-4-15(17)19/h5-6,8-9H,2-4,7,10H2,1H3,(H2,17,19)(H,18,20). The van der Waals surface area contributed by atoms with Gasteiger partial charge in [-0.25, -0.2) is 0 Å². The summed E-state index contributed by atoms with van der Waals surface area (Å²) in [6, 6.07) is 5.52. The molecule has 0 unspecified atom stereocenters. The van der Waals surface area contributed by atoms with E-state index in [1.165, 1.54) is 0 Å². The predicted octanol–water partition coefficient (Wildman–Crippen LogP) is 1.24. The van der Waals surface area contributed by atoms with Crippen molar-refractivity contribution >= 4 is 17.9 Å². The van der Waals surface area contributed by atoms with Crippen LogP contribution in [0.25, 0.3) is 6.08 Å². The lowest BCUT2D eigenvalue weighted by atomic mass is 10.1. The molecule has 0 atom stereocenters. The molecule has 118 valence electrons. The van der Waals surface area contributed by atoms with Crippen LogP contribution in [0.5, 0.6) is 11.5 Å². The third-order valence-corrected chi connectivity index (χ3v) is 3.18. The molecule has 2 rings (SSSR count). The van der Waals surface area contributed by atoms with E-state index >= 15 is 0 Å². The first-order valence-electron chi connectivity index (χ1n) is 7.27. The van der Waals surface area contributed by atoms with Crippen molar-refractivity contribution < 1.29 is 19.1 Å². The number of primary amides is 1. The molecule has 2 amide bonds. The zero-order valence-corrected chi connectivity index (χ0v) is 12.6. The Hall–Kier alpha value is -2.50. The number of amides is 2. The fraction of sp³-hybridized carbons (Fsp3) is 0.375. The Bertz CT molecular complexity index is 596. The highest BCUT2D eigenvalue weighted by Gasteiger charge is 2.17. The zero-order valence-electron chi connectivity index (χ0n) is 12.6. The molecule has 1 aromatic carbocycles. The van der Waals surface area contributed by atoms with Crippen molar-refractivity contribution in [3.05, 3.63) is 29.3 Å². The molecule has 0 fully saturated rings. The zero-order chi connectivity index (χ0) is 15.9. The van der Waals surface area contributed by atoms with Gasteiger partial charge in [-0.15, -0.1) is 0 Å². The summed E-state index contributed by atoms with van der Waals surface area (Å²) in [6.45, 7) is 3.13. The van der Waals surface area contributed by atoms with Crippen molar-refractivity contribution in [2.24, 2.45) is 5.73 Å². The van der Waals surface area contributed by atoms with E-state index < -0.39 is 0 Å². The first-order valence-corrected chi connectivity index (χ1v) is 7.27. The normalized spacial score (nSPS) is 12.7. The summed E-state index contributed by atoms with van der Waals surface area (Å²) in [7, 11) is 0. The van der Waals surface area contributed by atoms with E-state index in [0.717, 1.165) is 17.1 Å². The molecule has 3 N–H and O–H groups in total. The quantitative estimate of drug-likeness (QED) is 0.742. The summed E-state index contributed by atoms with van der Waals surface area (Å²) < 4.78 is 11.0. The molecule has 1 aromatic rings. The van der Waals surface area contributed by atoms with Gasteiger partial charge >= 0.3 is 0 Å². The highest BCUT2D eigenvalue weighted by molar-refractivity contribution is 5.99. The van der Waals surface area contributed by atoms with Gasteiger partial charge < -0.3 is 20.5 Å². The van der Waals surface area contributed by atoms with Crippen molar-refractivity contribution in [1.29, 1.82) is 0 Å². The van der Waals surface area contributed by atoms with E-state index in [1.54, 1.807) is 6.08 Å². The summed E-state index contributed by atoms with van der Waals surface area (Å²) in [6.07, 6.45) is 2.58. The number of nitrogens with two attached hydrogens (primary N) is 1. The number of fused-ring (bicyclic) bond motifs is 1. The molecule has 1 aliphatic rings. The number of hydrogen-bond acceptors (Lipinski definition) is 4. The minimum Gasteiger partial charge on any atom is -0.494 e. The van der Waals surface area contributed by atoms with Gasteiger partial charge in [-0.1, -0.05) is 0 Å². The lowest BCUT2D eigenvalue weighted by Crippen LogP contribution is -2.30. The number of ether oxygens (including phenoxy) is 2. The van der Waals surface area contributed by atoms with Gasteiger partial charge in [-0.3, -0.25) is 9.59 Å². The molecule has 1 aliphatic heterocycles. The van der Waals surface area contributed by atoms with E-state index in [0.29, 0.717) is 25.1 Å². The third-order valence-electron chi connectivity index (χ3n) is 3.18. The number of carbonyl (C=O) groups excluding carboxylic acids is 2. The predicted molar refractivity (Wildman–Crippen MR) is 82.5 cm³/mol. The van der Waals surface area contributed by atoms with E-state index in [2.05, 4.69) is 5.32 Å². The fourth-order valence-corrected chi connectivity index (χ4v) is 2.12. The maximum absolute atomic E-state index is 12.1. The fourth-order valence-electron chi connectivity index (χ4n) is 2.12. The molecule has 0 saturated heterocycles. The molecule has 6 nitrogen and oxygen atoms in total. The van der Waals surface area contributed by atoms with Crippen molar-refractivity contribution in [1.82, 2.24) is 5.32 Å². The minimum atomic E-state index is -0.369. The summed E-state index contributed by atoms with van der Waals surface area (Å²) in [5, 5.41) is 2.75. The van der Waals surface area contributed by atoms with Crippen LogP contribution in [0.15, 0.2) is 23.8 Å². The van der Waals surface area contributed by atoms with Gasteiger partial charge in [0.05, 0.1) is 12.2 Å². The molecule has 22 heavy (non-hydrogen) atoms. The topological polar surface area (TPSA) is 90.6 Å². The Morgan fingerprint density at radius 3 is 2.95 bits per heavy atom. The van der Waals surface area contributed by atoms with Gasteiger partial charge in [-0.05, 0) is 37.6 Å². The monoisotopic (exact) mass is 304 g/mol. The van der Waals surface area contributed by atoms with Crippen LogP contribution in [-0.4, -0.2) is 31.6 Å². The van der Waals surface area contributed by atoms with Crippen LogP contribution in [0.1, 0.15) is 25.3 Å². The Balaban J connectivity index is 1.99. The molecule has 0 saturated carbocycles. The number of rotatable bonds is 7. The maximum Gasteiger partial charge on any atom is 0.250 e. The molecule has 0 radical (unpaired) electrons. The Labute approximate surface area is 129 Å². The van der Waals surface area contributed by atoms with Gasteiger partial charge in [0, 0.05) is 18.5 Å². The van der Waals surface area contributed by atoms with E-state index in [-0.39, 0.29) is 24.8 Å². The van der Waals surface area contributed by atoms with Gasteiger partial charge in [-0.2, -0.15) is 0 Å². The van der Waals surface area contributed by atoms with Crippen molar-refractivity contribution in [2.45, 2.75) is 19.8 Å². The summed E-state index contributed by atoms with van der Waals surface area (Å²) >= 11 is 0. The second-order valence-corrected chi connectivity index (χ2v) is 4.92. The largest absolute Gasteiger partial charge is 0.494 e. The summed E-state index contributed by atoms with van der Waals surface area (Å²) in [5.74, 6) is 0.904. The van der Waals surface area contributed by atoms with Gasteiger partial charge in [0.25, 0.3) is 5.91 Å². The Kier molecular flexibility index (Phi) is 5.41. The maximum atomic E-state index is 12.1. The molecule has 1 heterocycles. The second kappa shape index (κ2) is 7.49. The van der Waals surface area contributed by atoms with E-state index in [1.807, 2.05) is 25.1 Å². The average molecular weight is 304 g/mol. The molecule has 6 heteroatoms. The highest BCUT2D eigenvalue weighted by Crippen LogP contribution is 2.30. The number of benzene rings is 1. The first kappa shape index (κ1) is 15.9. The Morgan fingerprint density at radius 2 is 2.23 bits per heavy atom. The molecule has 0 bridgehead atoms. The lowest BCUT2D eigenvalue weighted by molar-refractivity contribution is -0.119. The minimum absolute atomic E-state index is 0.197. The Morgan fingerprint density at radius 1 is 1.41 bits per heavy atom. The van der Waals surface area contributed by atoms with Crippen LogP contribution in [0, 0.1) is 0 Å². The molecule has 0 aliphatic carbocycles. The van der Waals surface area contributed by atoms with Gasteiger partial charge in [0.2, 0.25) is 5.91 Å². The van der Waals surface area contributed by atoms with Crippen LogP contribution in [0.3, 0.4) is 0 Å². The third kappa shape index (κ3) is 4.25. The second-order valence-electron chi connectivity index (χ2n) is 4.92. The number of carbonyl (C=O) groups is 2. The van der Waals surface area contributed by atoms with E-state index in [4.69, 9.17) is 15.2 Å². The van der Waals surface area contributed by atoms with Crippen LogP contribution >= 0.6 is 0 Å². The molecular weight excluding hydrogens is 284 g/mol. The molecule has 0 aromatic heterocycles. The van der Waals surface area contributed by atoms with Crippen LogP contribution in [-0.2, 0) is 9.59 Å². The molecule has 0 spiro atoms. The number of nitrogens with one attached hydrogen (secondary N) is 1. The summed E-state index contributed by atoms with van der Waals surface area (Å²) in [4.78, 5) is 22.7. The SMILES string of the molecule is CCOc1ccc2c(c1)C=C(C(=O)NCCCC(N)=O)CO2. The van der Waals surface area contributed by atoms with Crippen molar-refractivity contribution in [2.75, 3.05) is 19.8 Å². The lowest BCUT2D eigenvalue weighted by Gasteiger charge is -2.18. The average Bonchev–Trinajstić information content (AvgIpc) is 2.50. The van der Waals surface area contributed by atoms with Crippen LogP contribution < -0.4 is 20.5 Å². The van der Waals surface area contributed by atoms with E-state index in [9.17, 15) is 9.59 Å². The smallest absolute Gasteiger partial charge is 0.250 e.